The van der Waals surface area contributed by atoms with Gasteiger partial charge in [-0.3, -0.25) is 4.79 Å². The number of carbonyl (C=O) groups excluding carboxylic acids is 1. The zero-order chi connectivity index (χ0) is 14.0. The zero-order valence-electron chi connectivity index (χ0n) is 12.2. The van der Waals surface area contributed by atoms with E-state index in [0.29, 0.717) is 17.7 Å². The number of aryl methyl sites for hydroxylation is 1. The molecule has 1 aliphatic heterocycles. The van der Waals surface area contributed by atoms with Crippen LogP contribution in [0.4, 0.5) is 0 Å². The molecule has 106 valence electrons. The minimum Gasteiger partial charge on any atom is -0.335 e. The first kappa shape index (κ1) is 14.5. The van der Waals surface area contributed by atoms with Crippen molar-refractivity contribution in [1.82, 2.24) is 14.8 Å². The molecule has 0 spiro atoms. The first-order valence-electron chi connectivity index (χ1n) is 6.90. The van der Waals surface area contributed by atoms with E-state index in [9.17, 15) is 4.79 Å². The van der Waals surface area contributed by atoms with Crippen molar-refractivity contribution in [1.29, 1.82) is 0 Å². The molecule has 1 amide bonds. The largest absolute Gasteiger partial charge is 0.335 e. The Balaban J connectivity index is 2.08. The lowest BCUT2D eigenvalue weighted by Gasteiger charge is -2.24. The van der Waals surface area contributed by atoms with Gasteiger partial charge in [0.05, 0.1) is 5.01 Å². The molecule has 2 atom stereocenters. The van der Waals surface area contributed by atoms with Gasteiger partial charge in [-0.1, -0.05) is 13.3 Å². The van der Waals surface area contributed by atoms with Crippen molar-refractivity contribution in [2.75, 3.05) is 27.2 Å². The first-order chi connectivity index (χ1) is 9.02. The Morgan fingerprint density at radius 2 is 2.26 bits per heavy atom. The third-order valence-electron chi connectivity index (χ3n) is 3.85. The summed E-state index contributed by atoms with van der Waals surface area (Å²) in [5.74, 6) is 0.679. The van der Waals surface area contributed by atoms with Crippen LogP contribution in [-0.4, -0.2) is 53.9 Å². The highest BCUT2D eigenvalue weighted by Crippen LogP contribution is 2.26. The molecule has 0 aliphatic carbocycles. The number of thiazole rings is 1. The lowest BCUT2D eigenvalue weighted by Crippen LogP contribution is -2.36. The van der Waals surface area contributed by atoms with Crippen LogP contribution in [0.5, 0.6) is 0 Å². The third-order valence-corrected chi connectivity index (χ3v) is 4.63. The second-order valence-electron chi connectivity index (χ2n) is 5.54. The molecule has 1 saturated heterocycles. The van der Waals surface area contributed by atoms with Crippen molar-refractivity contribution < 1.29 is 4.79 Å². The molecule has 0 bridgehead atoms. The quantitative estimate of drug-likeness (QED) is 0.849. The summed E-state index contributed by atoms with van der Waals surface area (Å²) in [7, 11) is 4.21. The summed E-state index contributed by atoms with van der Waals surface area (Å²) in [4.78, 5) is 21.0. The Morgan fingerprint density at radius 3 is 2.79 bits per heavy atom. The van der Waals surface area contributed by atoms with Gasteiger partial charge in [0.2, 0.25) is 0 Å². The van der Waals surface area contributed by atoms with Gasteiger partial charge < -0.3 is 9.80 Å². The second-order valence-corrected chi connectivity index (χ2v) is 6.60. The van der Waals surface area contributed by atoms with Crippen LogP contribution in [0.1, 0.15) is 35.3 Å². The maximum Gasteiger partial charge on any atom is 0.273 e. The topological polar surface area (TPSA) is 36.4 Å². The highest BCUT2D eigenvalue weighted by molar-refractivity contribution is 7.09. The predicted molar refractivity (Wildman–Crippen MR) is 78.6 cm³/mol. The molecular formula is C14H23N3OS. The van der Waals surface area contributed by atoms with Crippen LogP contribution in [-0.2, 0) is 0 Å². The Labute approximate surface area is 119 Å². The highest BCUT2D eigenvalue weighted by atomic mass is 32.1. The maximum absolute atomic E-state index is 12.4. The van der Waals surface area contributed by atoms with Crippen LogP contribution in [0.2, 0.25) is 0 Å². The molecule has 0 aromatic carbocycles. The van der Waals surface area contributed by atoms with Crippen molar-refractivity contribution in [2.24, 2.45) is 5.92 Å². The van der Waals surface area contributed by atoms with Gasteiger partial charge in [0.25, 0.3) is 5.91 Å². The van der Waals surface area contributed by atoms with Crippen LogP contribution in [0.25, 0.3) is 0 Å². The molecule has 0 saturated carbocycles. The lowest BCUT2D eigenvalue weighted by molar-refractivity contribution is 0.0775. The molecule has 4 nitrogen and oxygen atoms in total. The van der Waals surface area contributed by atoms with E-state index in [0.717, 1.165) is 18.1 Å². The predicted octanol–water partition coefficient (Wildman–Crippen LogP) is 2.25. The number of hydrogen-bond acceptors (Lipinski definition) is 4. The highest BCUT2D eigenvalue weighted by Gasteiger charge is 2.36. The number of likely N-dealkylation sites (N-methyl/N-ethyl adjacent to an activating group) is 1. The molecule has 1 aromatic heterocycles. The number of amides is 1. The molecular weight excluding hydrogens is 258 g/mol. The summed E-state index contributed by atoms with van der Waals surface area (Å²) in [6.45, 7) is 5.84. The van der Waals surface area contributed by atoms with E-state index >= 15 is 0 Å². The van der Waals surface area contributed by atoms with E-state index in [-0.39, 0.29) is 5.91 Å². The average molecular weight is 281 g/mol. The fourth-order valence-corrected chi connectivity index (χ4v) is 3.47. The van der Waals surface area contributed by atoms with Crippen molar-refractivity contribution in [3.63, 3.8) is 0 Å². The summed E-state index contributed by atoms with van der Waals surface area (Å²) in [5.41, 5.74) is 0.608. The average Bonchev–Trinajstić information content (AvgIpc) is 2.95. The molecule has 1 fully saturated rings. The molecule has 2 heterocycles. The minimum absolute atomic E-state index is 0.0924. The minimum atomic E-state index is 0.0924. The van der Waals surface area contributed by atoms with Crippen molar-refractivity contribution in [3.8, 4) is 0 Å². The molecule has 1 aliphatic rings. The van der Waals surface area contributed by atoms with Crippen LogP contribution < -0.4 is 0 Å². The van der Waals surface area contributed by atoms with Crippen LogP contribution >= 0.6 is 11.3 Å². The van der Waals surface area contributed by atoms with Gasteiger partial charge in [-0.15, -0.1) is 11.3 Å². The Bertz CT molecular complexity index is 444. The zero-order valence-corrected chi connectivity index (χ0v) is 13.0. The summed E-state index contributed by atoms with van der Waals surface area (Å²) >= 11 is 1.54. The number of aromatic nitrogens is 1. The van der Waals surface area contributed by atoms with E-state index in [1.807, 2.05) is 17.2 Å². The van der Waals surface area contributed by atoms with E-state index in [1.165, 1.54) is 12.8 Å². The first-order valence-corrected chi connectivity index (χ1v) is 7.78. The third kappa shape index (κ3) is 3.15. The molecule has 0 radical (unpaired) electrons. The van der Waals surface area contributed by atoms with Gasteiger partial charge in [-0.25, -0.2) is 4.98 Å². The van der Waals surface area contributed by atoms with Gasteiger partial charge in [0.15, 0.2) is 0 Å². The summed E-state index contributed by atoms with van der Waals surface area (Å²) in [6.07, 6.45) is 2.36. The molecule has 0 N–H and O–H groups in total. The normalized spacial score (nSPS) is 23.3. The monoisotopic (exact) mass is 281 g/mol. The van der Waals surface area contributed by atoms with Gasteiger partial charge in [0, 0.05) is 24.5 Å². The Hall–Kier alpha value is -0.940. The maximum atomic E-state index is 12.4. The van der Waals surface area contributed by atoms with Gasteiger partial charge in [-0.2, -0.15) is 0 Å². The Morgan fingerprint density at radius 1 is 1.53 bits per heavy atom. The molecule has 0 unspecified atom stereocenters. The fourth-order valence-electron chi connectivity index (χ4n) is 2.88. The number of rotatable bonds is 4. The van der Waals surface area contributed by atoms with Crippen molar-refractivity contribution >= 4 is 17.2 Å². The molecule has 19 heavy (non-hydrogen) atoms. The summed E-state index contributed by atoms with van der Waals surface area (Å²) < 4.78 is 0. The standard InChI is InChI=1S/C14H23N3OS/c1-5-6-11-7-17(8-13(11)16(3)4)14(18)12-9-19-10(2)15-12/h9,11,13H,5-8H2,1-4H3/t11-,13-/m0/s1. The Kier molecular flexibility index (Phi) is 4.58. The fraction of sp³-hybridized carbons (Fsp3) is 0.714. The van der Waals surface area contributed by atoms with Gasteiger partial charge in [0.1, 0.15) is 5.69 Å². The number of carbonyl (C=O) groups is 1. The van der Waals surface area contributed by atoms with E-state index in [4.69, 9.17) is 0 Å². The molecule has 2 rings (SSSR count). The van der Waals surface area contributed by atoms with Crippen molar-refractivity contribution in [2.45, 2.75) is 32.7 Å². The van der Waals surface area contributed by atoms with Crippen LogP contribution in [0.3, 0.4) is 0 Å². The van der Waals surface area contributed by atoms with E-state index in [1.54, 1.807) is 11.3 Å². The van der Waals surface area contributed by atoms with Crippen LogP contribution in [0.15, 0.2) is 5.38 Å². The van der Waals surface area contributed by atoms with Gasteiger partial charge in [-0.05, 0) is 33.4 Å². The SMILES string of the molecule is CCC[C@H]1CN(C(=O)c2csc(C)n2)C[C@@H]1N(C)C. The molecule has 1 aromatic rings. The molecule has 5 heteroatoms. The van der Waals surface area contributed by atoms with Crippen LogP contribution in [0, 0.1) is 12.8 Å². The number of hydrogen-bond donors (Lipinski definition) is 0. The number of likely N-dealkylation sites (tertiary alicyclic amines) is 1. The van der Waals surface area contributed by atoms with E-state index < -0.39 is 0 Å². The number of nitrogens with zero attached hydrogens (tertiary/aromatic N) is 3. The second kappa shape index (κ2) is 6.01. The van der Waals surface area contributed by atoms with Crippen molar-refractivity contribution in [3.05, 3.63) is 16.1 Å². The lowest BCUT2D eigenvalue weighted by atomic mass is 9.98. The summed E-state index contributed by atoms with van der Waals surface area (Å²) in [5, 5.41) is 2.83. The summed E-state index contributed by atoms with van der Waals surface area (Å²) in [6, 6.07) is 0.476. The van der Waals surface area contributed by atoms with Gasteiger partial charge >= 0.3 is 0 Å². The smallest absolute Gasteiger partial charge is 0.273 e. The van der Waals surface area contributed by atoms with E-state index in [2.05, 4.69) is 30.9 Å².